The van der Waals surface area contributed by atoms with Crippen LogP contribution in [0.25, 0.3) is 0 Å². The molecule has 166 valence electrons. The monoisotopic (exact) mass is 436 g/mol. The van der Waals surface area contributed by atoms with Crippen molar-refractivity contribution in [3.05, 3.63) is 59.7 Å². The summed E-state index contributed by atoms with van der Waals surface area (Å²) in [6.45, 7) is 11.0. The van der Waals surface area contributed by atoms with E-state index in [4.69, 9.17) is 5.11 Å². The number of hydrogen-bond acceptors (Lipinski definition) is 5. The molecule has 30 heavy (non-hydrogen) atoms. The van der Waals surface area contributed by atoms with Gasteiger partial charge in [-0.3, -0.25) is 10.1 Å². The minimum atomic E-state index is -3.89. The molecule has 3 rings (SSSR count). The van der Waals surface area contributed by atoms with Gasteiger partial charge in [-0.2, -0.15) is 0 Å². The lowest BCUT2D eigenvalue weighted by atomic mass is 10.1. The molecule has 2 fully saturated rings. The summed E-state index contributed by atoms with van der Waals surface area (Å²) < 4.78 is 27.1. The maximum absolute atomic E-state index is 12.3. The quantitative estimate of drug-likeness (QED) is 0.327. The van der Waals surface area contributed by atoms with E-state index in [1.54, 1.807) is 6.92 Å². The standard InChI is InChI=1S/C14H18N2O4S.C8H14O/c1-3-11-9-12(11)8-10(2)15-21(19,20)14-7-5-4-6-13(14)16(17)18;1-3-7-5-8(7)4-6(2)9/h3-7,10-12,15H,1,8-9H2,2H3;3,6-9H,1,4-5H2,2H3/t10-,11+,12+;6-,7-,8-/m10/s1. The normalized spacial score (nSPS) is 26.5. The van der Waals surface area contributed by atoms with E-state index in [0.717, 1.165) is 18.8 Å². The zero-order valence-corrected chi connectivity index (χ0v) is 18.4. The lowest BCUT2D eigenvalue weighted by Gasteiger charge is -2.14. The Balaban J connectivity index is 0.000000297. The second kappa shape index (κ2) is 10.3. The van der Waals surface area contributed by atoms with Gasteiger partial charge in [0.2, 0.25) is 10.0 Å². The fourth-order valence-electron chi connectivity index (χ4n) is 3.77. The van der Waals surface area contributed by atoms with Crippen LogP contribution in [0.15, 0.2) is 54.5 Å². The number of nitrogens with one attached hydrogen (secondary N) is 1. The summed E-state index contributed by atoms with van der Waals surface area (Å²) in [4.78, 5) is 9.95. The minimum Gasteiger partial charge on any atom is -0.393 e. The Bertz CT molecular complexity index is 868. The van der Waals surface area contributed by atoms with E-state index in [2.05, 4.69) is 17.9 Å². The van der Waals surface area contributed by atoms with Crippen molar-refractivity contribution in [1.29, 1.82) is 0 Å². The van der Waals surface area contributed by atoms with Gasteiger partial charge in [0.25, 0.3) is 5.69 Å². The van der Waals surface area contributed by atoms with Crippen molar-refractivity contribution in [3.63, 3.8) is 0 Å². The van der Waals surface area contributed by atoms with Gasteiger partial charge in [-0.25, -0.2) is 13.1 Å². The fourth-order valence-corrected chi connectivity index (χ4v) is 5.19. The number of para-hydroxylation sites is 1. The van der Waals surface area contributed by atoms with Crippen molar-refractivity contribution in [3.8, 4) is 0 Å². The van der Waals surface area contributed by atoms with Crippen LogP contribution in [-0.2, 0) is 10.0 Å². The summed E-state index contributed by atoms with van der Waals surface area (Å²) in [5, 5.41) is 19.9. The summed E-state index contributed by atoms with van der Waals surface area (Å²) in [6, 6.07) is 5.08. The SMILES string of the molecule is C=C[C@H]1C[C@@H]1C[C@@H](C)NS(=O)(=O)c1ccccc1[N+](=O)[O-].C=C[C@H]1C[C@@H]1C[C@H](C)O. The maximum atomic E-state index is 12.3. The molecule has 7 nitrogen and oxygen atoms in total. The van der Waals surface area contributed by atoms with Crippen LogP contribution in [0, 0.1) is 33.8 Å². The molecule has 0 unspecified atom stereocenters. The molecule has 1 aromatic carbocycles. The Morgan fingerprint density at radius 1 is 1.17 bits per heavy atom. The van der Waals surface area contributed by atoms with E-state index >= 15 is 0 Å². The second-order valence-electron chi connectivity index (χ2n) is 8.36. The van der Waals surface area contributed by atoms with Crippen LogP contribution < -0.4 is 4.72 Å². The number of aliphatic hydroxyl groups excluding tert-OH is 1. The first-order chi connectivity index (χ1) is 14.1. The fraction of sp³-hybridized carbons (Fsp3) is 0.545. The molecule has 8 heteroatoms. The highest BCUT2D eigenvalue weighted by atomic mass is 32.2. The number of aliphatic hydroxyl groups is 1. The zero-order chi connectivity index (χ0) is 22.5. The van der Waals surface area contributed by atoms with Gasteiger partial charge in [-0.15, -0.1) is 13.2 Å². The number of nitro groups is 1. The molecular weight excluding hydrogens is 404 g/mol. The Morgan fingerprint density at radius 3 is 2.17 bits per heavy atom. The lowest BCUT2D eigenvalue weighted by Crippen LogP contribution is -2.33. The lowest BCUT2D eigenvalue weighted by molar-refractivity contribution is -0.387. The number of nitrogens with zero attached hydrogens (tertiary/aromatic N) is 1. The van der Waals surface area contributed by atoms with Crippen LogP contribution in [0.1, 0.15) is 39.5 Å². The maximum Gasteiger partial charge on any atom is 0.289 e. The number of hydrogen-bond donors (Lipinski definition) is 2. The second-order valence-corrected chi connectivity index (χ2v) is 10.0. The molecule has 0 spiro atoms. The van der Waals surface area contributed by atoms with E-state index in [-0.39, 0.29) is 17.0 Å². The molecule has 2 aliphatic carbocycles. The first kappa shape index (κ1) is 24.2. The average molecular weight is 437 g/mol. The molecule has 0 bridgehead atoms. The number of benzene rings is 1. The van der Waals surface area contributed by atoms with Gasteiger partial charge < -0.3 is 5.11 Å². The number of rotatable bonds is 10. The van der Waals surface area contributed by atoms with Gasteiger partial charge in [0.05, 0.1) is 11.0 Å². The summed E-state index contributed by atoms with van der Waals surface area (Å²) in [5.41, 5.74) is -0.410. The molecule has 1 aromatic rings. The third-order valence-corrected chi connectivity index (χ3v) is 7.20. The number of allylic oxidation sites excluding steroid dienone is 2. The van der Waals surface area contributed by atoms with Crippen LogP contribution in [0.2, 0.25) is 0 Å². The topological polar surface area (TPSA) is 110 Å². The van der Waals surface area contributed by atoms with Gasteiger partial charge in [0.1, 0.15) is 0 Å². The van der Waals surface area contributed by atoms with Crippen LogP contribution in [0.5, 0.6) is 0 Å². The molecule has 2 N–H and O–H groups in total. The smallest absolute Gasteiger partial charge is 0.289 e. The van der Waals surface area contributed by atoms with Crippen LogP contribution >= 0.6 is 0 Å². The molecule has 0 amide bonds. The minimum absolute atomic E-state index is 0.125. The van der Waals surface area contributed by atoms with E-state index < -0.39 is 20.6 Å². The summed E-state index contributed by atoms with van der Waals surface area (Å²) in [5.74, 6) is 2.36. The first-order valence-corrected chi connectivity index (χ1v) is 11.8. The van der Waals surface area contributed by atoms with Crippen molar-refractivity contribution in [2.24, 2.45) is 23.7 Å². The van der Waals surface area contributed by atoms with E-state index in [1.165, 1.54) is 30.7 Å². The molecule has 2 aliphatic rings. The first-order valence-electron chi connectivity index (χ1n) is 10.3. The zero-order valence-electron chi connectivity index (χ0n) is 17.6. The molecule has 0 radical (unpaired) electrons. The predicted octanol–water partition coefficient (Wildman–Crippen LogP) is 4.05. The van der Waals surface area contributed by atoms with Gasteiger partial charge in [-0.1, -0.05) is 24.3 Å². The highest BCUT2D eigenvalue weighted by Gasteiger charge is 2.36. The Morgan fingerprint density at radius 2 is 1.70 bits per heavy atom. The van der Waals surface area contributed by atoms with Crippen molar-refractivity contribution < 1.29 is 18.4 Å². The molecule has 6 atom stereocenters. The molecule has 2 saturated carbocycles. The number of sulfonamides is 1. The molecule has 0 aromatic heterocycles. The van der Waals surface area contributed by atoms with Crippen molar-refractivity contribution in [2.75, 3.05) is 0 Å². The van der Waals surface area contributed by atoms with Crippen molar-refractivity contribution in [1.82, 2.24) is 4.72 Å². The van der Waals surface area contributed by atoms with Crippen LogP contribution in [0.4, 0.5) is 5.69 Å². The molecule has 0 heterocycles. The Hall–Kier alpha value is -2.03. The van der Waals surface area contributed by atoms with Gasteiger partial charge in [-0.05, 0) is 69.3 Å². The van der Waals surface area contributed by atoms with Crippen LogP contribution in [0.3, 0.4) is 0 Å². The van der Waals surface area contributed by atoms with E-state index in [0.29, 0.717) is 24.2 Å². The summed E-state index contributed by atoms with van der Waals surface area (Å²) in [6.07, 6.45) is 7.68. The largest absolute Gasteiger partial charge is 0.393 e. The molecular formula is C22H32N2O5S. The van der Waals surface area contributed by atoms with Crippen LogP contribution in [-0.4, -0.2) is 30.6 Å². The average Bonchev–Trinajstić information content (AvgIpc) is 3.58. The third kappa shape index (κ3) is 7.04. The highest BCUT2D eigenvalue weighted by molar-refractivity contribution is 7.89. The van der Waals surface area contributed by atoms with Gasteiger partial charge in [0, 0.05) is 12.1 Å². The van der Waals surface area contributed by atoms with Crippen molar-refractivity contribution in [2.45, 2.75) is 56.6 Å². The Labute approximate surface area is 179 Å². The predicted molar refractivity (Wildman–Crippen MR) is 117 cm³/mol. The van der Waals surface area contributed by atoms with E-state index in [1.807, 2.05) is 19.1 Å². The number of nitro benzene ring substituents is 1. The molecule has 0 saturated heterocycles. The van der Waals surface area contributed by atoms with Gasteiger partial charge in [0.15, 0.2) is 4.90 Å². The Kier molecular flexibility index (Phi) is 8.34. The third-order valence-electron chi connectivity index (χ3n) is 5.57. The van der Waals surface area contributed by atoms with Crippen molar-refractivity contribution >= 4 is 15.7 Å². The van der Waals surface area contributed by atoms with Gasteiger partial charge >= 0.3 is 0 Å². The highest BCUT2D eigenvalue weighted by Crippen LogP contribution is 2.43. The molecule has 0 aliphatic heterocycles. The summed E-state index contributed by atoms with van der Waals surface area (Å²) >= 11 is 0. The van der Waals surface area contributed by atoms with E-state index in [9.17, 15) is 18.5 Å². The summed E-state index contributed by atoms with van der Waals surface area (Å²) in [7, 11) is -3.89.